The molecule has 2 fully saturated rings. The number of hydrogen-bond donors (Lipinski definition) is 1. The molecule has 2 aliphatic rings. The minimum absolute atomic E-state index is 0.0945. The molecule has 34 heavy (non-hydrogen) atoms. The van der Waals surface area contributed by atoms with Crippen molar-refractivity contribution < 1.29 is 26.4 Å². The van der Waals surface area contributed by atoms with Crippen LogP contribution < -0.4 is 5.32 Å². The van der Waals surface area contributed by atoms with Crippen LogP contribution in [0.5, 0.6) is 0 Å². The van der Waals surface area contributed by atoms with Gasteiger partial charge in [0.1, 0.15) is 0 Å². The number of benzene rings is 2. The predicted octanol–water partition coefficient (Wildman–Crippen LogP) is 2.44. The second kappa shape index (κ2) is 10.1. The zero-order valence-electron chi connectivity index (χ0n) is 19.1. The van der Waals surface area contributed by atoms with Crippen LogP contribution in [0.25, 0.3) is 0 Å². The van der Waals surface area contributed by atoms with Crippen LogP contribution in [0.4, 0.5) is 5.69 Å². The van der Waals surface area contributed by atoms with Gasteiger partial charge in [0.05, 0.1) is 23.0 Å². The molecule has 0 radical (unpaired) electrons. The number of carbonyl (C=O) groups excluding carboxylic acids is 1. The lowest BCUT2D eigenvalue weighted by atomic mass is 10.1. The molecule has 2 heterocycles. The molecule has 2 saturated heterocycles. The van der Waals surface area contributed by atoms with E-state index in [1.54, 1.807) is 13.0 Å². The van der Waals surface area contributed by atoms with Gasteiger partial charge in [-0.2, -0.15) is 8.61 Å². The number of anilines is 1. The largest absolute Gasteiger partial charge is 0.379 e. The number of nitrogens with zero attached hydrogens (tertiary/aromatic N) is 2. The first-order chi connectivity index (χ1) is 16.2. The van der Waals surface area contributed by atoms with E-state index in [2.05, 4.69) is 5.32 Å². The van der Waals surface area contributed by atoms with E-state index in [1.165, 1.54) is 45.0 Å². The van der Waals surface area contributed by atoms with Gasteiger partial charge in [0.15, 0.2) is 0 Å². The fraction of sp³-hybridized carbons (Fsp3) is 0.435. The number of sulfonamides is 2. The van der Waals surface area contributed by atoms with Crippen LogP contribution in [0.15, 0.2) is 52.3 Å². The Morgan fingerprint density at radius 1 is 0.794 bits per heavy atom. The van der Waals surface area contributed by atoms with Crippen LogP contribution in [-0.2, 0) is 24.8 Å². The molecule has 1 amide bonds. The summed E-state index contributed by atoms with van der Waals surface area (Å²) in [5, 5.41) is 2.74. The third-order valence-corrected chi connectivity index (χ3v) is 9.93. The molecular formula is C23H29N3O6S2. The number of piperidine rings is 1. The molecule has 4 rings (SSSR count). The normalized spacial score (nSPS) is 18.5. The molecule has 2 aromatic rings. The van der Waals surface area contributed by atoms with E-state index in [0.717, 1.165) is 19.3 Å². The van der Waals surface area contributed by atoms with Crippen LogP contribution in [-0.4, -0.2) is 70.7 Å². The summed E-state index contributed by atoms with van der Waals surface area (Å²) in [5.74, 6) is -0.461. The van der Waals surface area contributed by atoms with Crippen LogP contribution in [0.3, 0.4) is 0 Å². The Labute approximate surface area is 200 Å². The number of rotatable bonds is 6. The fourth-order valence-corrected chi connectivity index (χ4v) is 7.06. The molecule has 2 aromatic carbocycles. The Hall–Kier alpha value is -2.31. The van der Waals surface area contributed by atoms with E-state index < -0.39 is 26.0 Å². The van der Waals surface area contributed by atoms with Gasteiger partial charge < -0.3 is 10.1 Å². The summed E-state index contributed by atoms with van der Waals surface area (Å²) in [6, 6.07) is 10.5. The van der Waals surface area contributed by atoms with Gasteiger partial charge in [-0.25, -0.2) is 16.8 Å². The van der Waals surface area contributed by atoms with Crippen molar-refractivity contribution in [1.82, 2.24) is 8.61 Å². The Morgan fingerprint density at radius 3 is 2.00 bits per heavy atom. The van der Waals surface area contributed by atoms with Crippen molar-refractivity contribution in [3.8, 4) is 0 Å². The number of nitrogens with one attached hydrogen (secondary N) is 1. The summed E-state index contributed by atoms with van der Waals surface area (Å²) < 4.78 is 59.6. The second-order valence-electron chi connectivity index (χ2n) is 8.44. The van der Waals surface area contributed by atoms with Gasteiger partial charge in [0, 0.05) is 37.4 Å². The van der Waals surface area contributed by atoms with E-state index in [1.807, 2.05) is 0 Å². The van der Waals surface area contributed by atoms with Crippen LogP contribution in [0, 0.1) is 6.92 Å². The third kappa shape index (κ3) is 5.18. The van der Waals surface area contributed by atoms with Gasteiger partial charge in [-0.3, -0.25) is 4.79 Å². The molecule has 2 aliphatic heterocycles. The van der Waals surface area contributed by atoms with E-state index >= 15 is 0 Å². The van der Waals surface area contributed by atoms with Crippen molar-refractivity contribution in [2.45, 2.75) is 36.0 Å². The van der Waals surface area contributed by atoms with Gasteiger partial charge >= 0.3 is 0 Å². The van der Waals surface area contributed by atoms with Crippen LogP contribution in [0.1, 0.15) is 35.2 Å². The first kappa shape index (κ1) is 24.8. The summed E-state index contributed by atoms with van der Waals surface area (Å²) in [7, 11) is -7.30. The number of ether oxygens (including phenoxy) is 1. The summed E-state index contributed by atoms with van der Waals surface area (Å²) in [4.78, 5) is 13.2. The van der Waals surface area contributed by atoms with Gasteiger partial charge in [0.25, 0.3) is 5.91 Å². The molecule has 0 aliphatic carbocycles. The summed E-state index contributed by atoms with van der Waals surface area (Å²) in [5.41, 5.74) is 1.30. The van der Waals surface area contributed by atoms with Gasteiger partial charge in [-0.05, 0) is 61.7 Å². The molecule has 11 heteroatoms. The Balaban J connectivity index is 1.51. The van der Waals surface area contributed by atoms with Crippen LogP contribution >= 0.6 is 0 Å². The standard InChI is InChI=1S/C23H29N3O6S2/c1-18-5-8-21(34(30,31)25-11-3-2-4-12-25)17-22(18)23(27)24-19-6-9-20(10-7-19)33(28,29)26-13-15-32-16-14-26/h5-10,17H,2-4,11-16H2,1H3,(H,24,27). The maximum absolute atomic E-state index is 13.0. The van der Waals surface area contributed by atoms with Gasteiger partial charge in [-0.15, -0.1) is 0 Å². The first-order valence-electron chi connectivity index (χ1n) is 11.3. The Bertz CT molecular complexity index is 1250. The highest BCUT2D eigenvalue weighted by Crippen LogP contribution is 2.24. The SMILES string of the molecule is Cc1ccc(S(=O)(=O)N2CCCCC2)cc1C(=O)Nc1ccc(S(=O)(=O)N2CCOCC2)cc1. The highest BCUT2D eigenvalue weighted by atomic mass is 32.2. The number of amides is 1. The number of hydrogen-bond acceptors (Lipinski definition) is 6. The average Bonchev–Trinajstić information content (AvgIpc) is 2.85. The van der Waals surface area contributed by atoms with Crippen molar-refractivity contribution in [3.05, 3.63) is 53.6 Å². The van der Waals surface area contributed by atoms with E-state index in [0.29, 0.717) is 50.6 Å². The molecule has 0 unspecified atom stereocenters. The number of morpholine rings is 1. The molecule has 0 spiro atoms. The topological polar surface area (TPSA) is 113 Å². The lowest BCUT2D eigenvalue weighted by Crippen LogP contribution is -2.40. The zero-order valence-corrected chi connectivity index (χ0v) is 20.7. The molecule has 1 N–H and O–H groups in total. The lowest BCUT2D eigenvalue weighted by molar-refractivity contribution is 0.0730. The van der Waals surface area contributed by atoms with Crippen molar-refractivity contribution in [2.75, 3.05) is 44.7 Å². The van der Waals surface area contributed by atoms with Crippen molar-refractivity contribution in [1.29, 1.82) is 0 Å². The Kier molecular flexibility index (Phi) is 7.39. The molecule has 0 saturated carbocycles. The van der Waals surface area contributed by atoms with Crippen molar-refractivity contribution >= 4 is 31.6 Å². The highest BCUT2D eigenvalue weighted by molar-refractivity contribution is 7.89. The molecule has 184 valence electrons. The fourth-order valence-electron chi connectivity index (χ4n) is 4.11. The van der Waals surface area contributed by atoms with E-state index in [4.69, 9.17) is 4.74 Å². The molecule has 9 nitrogen and oxygen atoms in total. The van der Waals surface area contributed by atoms with Gasteiger partial charge in [0.2, 0.25) is 20.0 Å². The molecule has 0 atom stereocenters. The minimum atomic E-state index is -3.67. The summed E-state index contributed by atoms with van der Waals surface area (Å²) in [6.07, 6.45) is 2.67. The highest BCUT2D eigenvalue weighted by Gasteiger charge is 2.28. The maximum Gasteiger partial charge on any atom is 0.255 e. The van der Waals surface area contributed by atoms with Crippen LogP contribution in [0.2, 0.25) is 0 Å². The summed E-state index contributed by atoms with van der Waals surface area (Å²) in [6.45, 7) is 4.03. The third-order valence-electron chi connectivity index (χ3n) is 6.13. The molecule has 0 aromatic heterocycles. The average molecular weight is 508 g/mol. The predicted molar refractivity (Wildman–Crippen MR) is 128 cm³/mol. The first-order valence-corrected chi connectivity index (χ1v) is 14.2. The molecule has 0 bridgehead atoms. The quantitative estimate of drug-likeness (QED) is 0.643. The molecular weight excluding hydrogens is 478 g/mol. The van der Waals surface area contributed by atoms with E-state index in [-0.39, 0.29) is 15.4 Å². The van der Waals surface area contributed by atoms with E-state index in [9.17, 15) is 21.6 Å². The van der Waals surface area contributed by atoms with Gasteiger partial charge in [-0.1, -0.05) is 12.5 Å². The monoisotopic (exact) mass is 507 g/mol. The summed E-state index contributed by atoms with van der Waals surface area (Å²) >= 11 is 0. The van der Waals surface area contributed by atoms with Crippen molar-refractivity contribution in [3.63, 3.8) is 0 Å². The Morgan fingerprint density at radius 2 is 1.35 bits per heavy atom. The second-order valence-corrected chi connectivity index (χ2v) is 12.3. The lowest BCUT2D eigenvalue weighted by Gasteiger charge is -2.26. The minimum Gasteiger partial charge on any atom is -0.379 e. The number of carbonyl (C=O) groups is 1. The smallest absolute Gasteiger partial charge is 0.255 e. The number of aryl methyl sites for hydroxylation is 1. The maximum atomic E-state index is 13.0. The van der Waals surface area contributed by atoms with Crippen molar-refractivity contribution in [2.24, 2.45) is 0 Å². The zero-order chi connectivity index (χ0) is 24.3.